The van der Waals surface area contributed by atoms with Gasteiger partial charge >= 0.3 is 0 Å². The Morgan fingerprint density at radius 3 is 2.75 bits per heavy atom. The van der Waals surface area contributed by atoms with E-state index in [9.17, 15) is 13.6 Å². The number of ether oxygens (including phenoxy) is 1. The number of nitrogens with one attached hydrogen (secondary N) is 1. The Bertz CT molecular complexity index is 1250. The quantitative estimate of drug-likeness (QED) is 0.380. The number of hydrogen-bond acceptors (Lipinski definition) is 5. The predicted octanol–water partition coefficient (Wildman–Crippen LogP) is 5.10. The highest BCUT2D eigenvalue weighted by Gasteiger charge is 2.21. The van der Waals surface area contributed by atoms with Crippen molar-refractivity contribution in [1.82, 2.24) is 14.9 Å². The van der Waals surface area contributed by atoms with E-state index in [1.54, 1.807) is 17.8 Å². The summed E-state index contributed by atoms with van der Waals surface area (Å²) in [4.78, 5) is 12.7. The van der Waals surface area contributed by atoms with Crippen LogP contribution in [-0.4, -0.2) is 20.8 Å². The van der Waals surface area contributed by atoms with Crippen LogP contribution in [0.5, 0.6) is 5.75 Å². The average molecular weight is 503 g/mol. The van der Waals surface area contributed by atoms with Gasteiger partial charge in [-0.05, 0) is 36.8 Å². The molecule has 1 amide bonds. The third-order valence-electron chi connectivity index (χ3n) is 4.61. The lowest BCUT2D eigenvalue weighted by Crippen LogP contribution is -2.15. The highest BCUT2D eigenvalue weighted by Crippen LogP contribution is 2.22. The molecule has 0 saturated carbocycles. The summed E-state index contributed by atoms with van der Waals surface area (Å²) in [6.07, 6.45) is 3.21. The van der Waals surface area contributed by atoms with E-state index >= 15 is 0 Å². The van der Waals surface area contributed by atoms with Gasteiger partial charge < -0.3 is 14.6 Å². The van der Waals surface area contributed by atoms with Gasteiger partial charge in [0.25, 0.3) is 5.91 Å². The van der Waals surface area contributed by atoms with Gasteiger partial charge in [-0.25, -0.2) is 8.78 Å². The van der Waals surface area contributed by atoms with E-state index < -0.39 is 17.5 Å². The number of anilines is 1. The van der Waals surface area contributed by atoms with Gasteiger partial charge in [0.15, 0.2) is 17.3 Å². The van der Waals surface area contributed by atoms with Crippen LogP contribution in [0.15, 0.2) is 63.9 Å². The van der Waals surface area contributed by atoms with Gasteiger partial charge in [0.1, 0.15) is 18.2 Å². The smallest absolute Gasteiger partial charge is 0.278 e. The van der Waals surface area contributed by atoms with E-state index in [1.807, 2.05) is 24.3 Å². The molecule has 0 aliphatic heterocycles. The van der Waals surface area contributed by atoms with Crippen molar-refractivity contribution in [2.45, 2.75) is 20.1 Å². The maximum Gasteiger partial charge on any atom is 0.278 e. The molecule has 0 atom stereocenters. The molecule has 10 heteroatoms. The Labute approximate surface area is 190 Å². The highest BCUT2D eigenvalue weighted by molar-refractivity contribution is 9.10. The second-order valence-electron chi connectivity index (χ2n) is 6.94. The van der Waals surface area contributed by atoms with Crippen molar-refractivity contribution < 1.29 is 22.8 Å². The molecule has 7 nitrogen and oxygen atoms in total. The van der Waals surface area contributed by atoms with E-state index in [2.05, 4.69) is 31.5 Å². The van der Waals surface area contributed by atoms with Gasteiger partial charge in [0.2, 0.25) is 0 Å². The molecule has 4 aromatic rings. The first kappa shape index (κ1) is 21.7. The first-order chi connectivity index (χ1) is 15.4. The van der Waals surface area contributed by atoms with Crippen LogP contribution in [0.2, 0.25) is 0 Å². The number of amides is 1. The van der Waals surface area contributed by atoms with Crippen LogP contribution in [0.4, 0.5) is 14.5 Å². The maximum absolute atomic E-state index is 13.8. The number of nitrogens with zero attached hydrogens (tertiary/aromatic N) is 3. The number of halogens is 3. The molecule has 0 unspecified atom stereocenters. The summed E-state index contributed by atoms with van der Waals surface area (Å²) in [7, 11) is 0. The number of aryl methyl sites for hydroxylation is 1. The number of aromatic nitrogens is 3. The summed E-state index contributed by atoms with van der Waals surface area (Å²) < 4.78 is 40.1. The second kappa shape index (κ2) is 9.31. The summed E-state index contributed by atoms with van der Waals surface area (Å²) in [5.41, 5.74) is 1.89. The molecular formula is C22H17BrF2N4O3. The molecule has 2 aromatic heterocycles. The van der Waals surface area contributed by atoms with Crippen LogP contribution < -0.4 is 10.1 Å². The van der Waals surface area contributed by atoms with Crippen LogP contribution in [0.3, 0.4) is 0 Å². The molecule has 2 heterocycles. The summed E-state index contributed by atoms with van der Waals surface area (Å²) >= 11 is 3.40. The summed E-state index contributed by atoms with van der Waals surface area (Å²) in [6, 6.07) is 10.8. The lowest BCUT2D eigenvalue weighted by molar-refractivity contribution is 0.101. The molecular weight excluding hydrogens is 486 g/mol. The standard InChI is InChI=1S/C22H17BrF2N4O3/c1-13-18(12-31-20-7-6-16(24)8-19(20)25)21(28-32-13)22(30)27-17-9-26-29(11-17)10-14-2-4-15(23)5-3-14/h2-9,11H,10,12H2,1H3,(H,27,30). The molecule has 32 heavy (non-hydrogen) atoms. The molecule has 4 rings (SSSR count). The van der Waals surface area contributed by atoms with Gasteiger partial charge in [-0.15, -0.1) is 0 Å². The minimum atomic E-state index is -0.844. The maximum atomic E-state index is 13.8. The number of rotatable bonds is 7. The van der Waals surface area contributed by atoms with Crippen molar-refractivity contribution in [2.75, 3.05) is 5.32 Å². The average Bonchev–Trinajstić information content (AvgIpc) is 3.35. The van der Waals surface area contributed by atoms with Gasteiger partial charge in [0, 0.05) is 16.7 Å². The molecule has 164 valence electrons. The fourth-order valence-electron chi connectivity index (χ4n) is 2.96. The van der Waals surface area contributed by atoms with Crippen molar-refractivity contribution >= 4 is 27.5 Å². The Hall–Kier alpha value is -3.53. The normalized spacial score (nSPS) is 10.9. The molecule has 0 saturated heterocycles. The molecule has 0 bridgehead atoms. The van der Waals surface area contributed by atoms with Crippen LogP contribution in [0, 0.1) is 18.6 Å². The number of carbonyl (C=O) groups is 1. The number of carbonyl (C=O) groups excluding carboxylic acids is 1. The minimum absolute atomic E-state index is 0.00526. The number of benzene rings is 2. The molecule has 0 fully saturated rings. The lowest BCUT2D eigenvalue weighted by Gasteiger charge is -2.07. The molecule has 0 radical (unpaired) electrons. The minimum Gasteiger partial charge on any atom is -0.486 e. The Balaban J connectivity index is 1.43. The van der Waals surface area contributed by atoms with Crippen molar-refractivity contribution in [3.63, 3.8) is 0 Å². The van der Waals surface area contributed by atoms with Crippen LogP contribution in [0.25, 0.3) is 0 Å². The lowest BCUT2D eigenvalue weighted by atomic mass is 10.2. The van der Waals surface area contributed by atoms with Crippen molar-refractivity contribution in [2.24, 2.45) is 0 Å². The molecule has 0 aliphatic rings. The van der Waals surface area contributed by atoms with E-state index in [4.69, 9.17) is 9.26 Å². The SMILES string of the molecule is Cc1onc(C(=O)Nc2cnn(Cc3ccc(Br)cc3)c2)c1COc1ccc(F)cc1F. The Morgan fingerprint density at radius 1 is 1.22 bits per heavy atom. The zero-order valence-electron chi connectivity index (χ0n) is 16.8. The third kappa shape index (κ3) is 5.02. The first-order valence-electron chi connectivity index (χ1n) is 9.50. The third-order valence-corrected chi connectivity index (χ3v) is 5.14. The molecule has 0 aliphatic carbocycles. The van der Waals surface area contributed by atoms with Crippen LogP contribution in [-0.2, 0) is 13.2 Å². The number of hydrogen-bond donors (Lipinski definition) is 1. The summed E-state index contributed by atoms with van der Waals surface area (Å²) in [5, 5.41) is 10.8. The van der Waals surface area contributed by atoms with Crippen molar-refractivity contribution in [3.8, 4) is 5.75 Å². The van der Waals surface area contributed by atoms with Gasteiger partial charge in [-0.2, -0.15) is 5.10 Å². The fourth-order valence-corrected chi connectivity index (χ4v) is 3.23. The topological polar surface area (TPSA) is 82.2 Å². The molecule has 2 aromatic carbocycles. The van der Waals surface area contributed by atoms with E-state index in [0.717, 1.165) is 22.2 Å². The zero-order chi connectivity index (χ0) is 22.7. The molecule has 1 N–H and O–H groups in total. The first-order valence-corrected chi connectivity index (χ1v) is 10.3. The Morgan fingerprint density at radius 2 is 2.00 bits per heavy atom. The second-order valence-corrected chi connectivity index (χ2v) is 7.85. The Kier molecular flexibility index (Phi) is 6.31. The fraction of sp³-hybridized carbons (Fsp3) is 0.136. The van der Waals surface area contributed by atoms with E-state index in [1.165, 1.54) is 12.3 Å². The van der Waals surface area contributed by atoms with Gasteiger partial charge in [0.05, 0.1) is 24.0 Å². The van der Waals surface area contributed by atoms with Crippen LogP contribution in [0.1, 0.15) is 27.4 Å². The zero-order valence-corrected chi connectivity index (χ0v) is 18.4. The van der Waals surface area contributed by atoms with Gasteiger partial charge in [-0.1, -0.05) is 33.2 Å². The van der Waals surface area contributed by atoms with E-state index in [-0.39, 0.29) is 18.1 Å². The largest absolute Gasteiger partial charge is 0.486 e. The van der Waals surface area contributed by atoms with Crippen molar-refractivity contribution in [3.05, 3.63) is 93.5 Å². The highest BCUT2D eigenvalue weighted by atomic mass is 79.9. The summed E-state index contributed by atoms with van der Waals surface area (Å²) in [5.74, 6) is -1.88. The predicted molar refractivity (Wildman–Crippen MR) is 115 cm³/mol. The van der Waals surface area contributed by atoms with Crippen molar-refractivity contribution in [1.29, 1.82) is 0 Å². The summed E-state index contributed by atoms with van der Waals surface area (Å²) in [6.45, 7) is 1.97. The van der Waals surface area contributed by atoms with Gasteiger partial charge in [-0.3, -0.25) is 9.48 Å². The molecule has 0 spiro atoms. The van der Waals surface area contributed by atoms with Crippen LogP contribution >= 0.6 is 15.9 Å². The monoisotopic (exact) mass is 502 g/mol. The van der Waals surface area contributed by atoms with E-state index in [0.29, 0.717) is 23.6 Å².